The van der Waals surface area contributed by atoms with E-state index in [0.29, 0.717) is 10.7 Å². The van der Waals surface area contributed by atoms with Gasteiger partial charge < -0.3 is 5.32 Å². The first kappa shape index (κ1) is 15.2. The quantitative estimate of drug-likeness (QED) is 0.746. The van der Waals surface area contributed by atoms with Gasteiger partial charge in [-0.2, -0.15) is 5.10 Å². The minimum Gasteiger partial charge on any atom is -0.318 e. The average Bonchev–Trinajstić information content (AvgIpc) is 3.02. The third-order valence-corrected chi connectivity index (χ3v) is 3.58. The summed E-state index contributed by atoms with van der Waals surface area (Å²) in [4.78, 5) is 12.2. The second-order valence-electron chi connectivity index (χ2n) is 5.11. The van der Waals surface area contributed by atoms with Gasteiger partial charge in [-0.25, -0.2) is 4.39 Å². The number of hydrogen-bond acceptors (Lipinski definition) is 2. The number of carbonyl (C=O) groups is 1. The van der Waals surface area contributed by atoms with Crippen molar-refractivity contribution >= 4 is 23.2 Å². The number of anilines is 1. The first-order chi connectivity index (χ1) is 11.0. The van der Waals surface area contributed by atoms with Gasteiger partial charge in [-0.15, -0.1) is 0 Å². The van der Waals surface area contributed by atoms with E-state index >= 15 is 0 Å². The molecule has 0 aliphatic heterocycles. The molecule has 0 saturated carbocycles. The number of carbonyl (C=O) groups excluding carboxylic acids is 1. The molecule has 0 radical (unpaired) electrons. The van der Waals surface area contributed by atoms with Crippen LogP contribution in [0.4, 0.5) is 10.1 Å². The fraction of sp³-hybridized carbons (Fsp3) is 0.0588. The van der Waals surface area contributed by atoms with E-state index in [-0.39, 0.29) is 11.4 Å². The van der Waals surface area contributed by atoms with Crippen molar-refractivity contribution in [2.24, 2.45) is 0 Å². The van der Waals surface area contributed by atoms with Gasteiger partial charge in [0.05, 0.1) is 11.4 Å². The van der Waals surface area contributed by atoms with Crippen molar-refractivity contribution in [3.05, 3.63) is 70.6 Å². The Hall–Kier alpha value is -2.66. The van der Waals surface area contributed by atoms with E-state index in [1.807, 2.05) is 6.92 Å². The molecular formula is C17H13ClFN3O. The summed E-state index contributed by atoms with van der Waals surface area (Å²) in [7, 11) is 0. The highest BCUT2D eigenvalue weighted by atomic mass is 35.5. The number of amides is 1. The van der Waals surface area contributed by atoms with Crippen LogP contribution < -0.4 is 5.32 Å². The molecule has 4 nitrogen and oxygen atoms in total. The molecule has 0 atom stereocenters. The average molecular weight is 330 g/mol. The molecule has 3 aromatic rings. The molecule has 1 amide bonds. The van der Waals surface area contributed by atoms with Crippen LogP contribution in [0, 0.1) is 12.7 Å². The summed E-state index contributed by atoms with van der Waals surface area (Å²) in [5.41, 5.74) is 2.67. The molecule has 116 valence electrons. The summed E-state index contributed by atoms with van der Waals surface area (Å²) in [5.74, 6) is -0.941. The second kappa shape index (κ2) is 6.22. The third kappa shape index (κ3) is 3.40. The van der Waals surface area contributed by atoms with Gasteiger partial charge in [0.15, 0.2) is 0 Å². The maximum Gasteiger partial charge on any atom is 0.273 e. The monoisotopic (exact) mass is 329 g/mol. The van der Waals surface area contributed by atoms with Crippen molar-refractivity contribution in [1.82, 2.24) is 10.2 Å². The predicted octanol–water partition coefficient (Wildman–Crippen LogP) is 4.43. The number of aromatic nitrogens is 2. The molecular weight excluding hydrogens is 317 g/mol. The van der Waals surface area contributed by atoms with Gasteiger partial charge in [0.2, 0.25) is 0 Å². The van der Waals surface area contributed by atoms with E-state index in [1.165, 1.54) is 6.07 Å². The van der Waals surface area contributed by atoms with Crippen molar-refractivity contribution in [2.75, 3.05) is 5.32 Å². The summed E-state index contributed by atoms with van der Waals surface area (Å²) in [6.45, 7) is 1.82. The number of halogens is 2. The van der Waals surface area contributed by atoms with Crippen LogP contribution in [0.15, 0.2) is 48.5 Å². The Morgan fingerprint density at radius 1 is 1.17 bits per heavy atom. The summed E-state index contributed by atoms with van der Waals surface area (Å²) in [6.07, 6.45) is 0. The Kier molecular flexibility index (Phi) is 4.12. The molecule has 0 unspecified atom stereocenters. The van der Waals surface area contributed by atoms with Gasteiger partial charge in [-0.05, 0) is 42.8 Å². The lowest BCUT2D eigenvalue weighted by Crippen LogP contribution is -2.13. The van der Waals surface area contributed by atoms with Crippen LogP contribution in [0.25, 0.3) is 11.3 Å². The Balaban J connectivity index is 1.81. The maximum atomic E-state index is 13.7. The van der Waals surface area contributed by atoms with E-state index in [1.54, 1.807) is 42.5 Å². The Labute approximate surface area is 137 Å². The minimum absolute atomic E-state index is 0.137. The lowest BCUT2D eigenvalue weighted by atomic mass is 10.1. The number of rotatable bonds is 3. The van der Waals surface area contributed by atoms with Crippen LogP contribution in [0.2, 0.25) is 5.02 Å². The minimum atomic E-state index is -0.485. The Morgan fingerprint density at radius 3 is 2.65 bits per heavy atom. The normalized spacial score (nSPS) is 10.6. The highest BCUT2D eigenvalue weighted by Crippen LogP contribution is 2.21. The van der Waals surface area contributed by atoms with Crippen molar-refractivity contribution < 1.29 is 9.18 Å². The van der Waals surface area contributed by atoms with Gasteiger partial charge in [0.25, 0.3) is 5.91 Å². The number of benzene rings is 2. The van der Waals surface area contributed by atoms with Crippen LogP contribution in [0.3, 0.4) is 0 Å². The molecule has 1 heterocycles. The van der Waals surface area contributed by atoms with Gasteiger partial charge in [-0.3, -0.25) is 9.89 Å². The molecule has 0 spiro atoms. The molecule has 23 heavy (non-hydrogen) atoms. The second-order valence-corrected chi connectivity index (χ2v) is 5.55. The summed E-state index contributed by atoms with van der Waals surface area (Å²) in [6, 6.07) is 13.2. The smallest absolute Gasteiger partial charge is 0.273 e. The number of nitrogens with zero attached hydrogens (tertiary/aromatic N) is 1. The molecule has 3 rings (SSSR count). The molecule has 6 heteroatoms. The van der Waals surface area contributed by atoms with E-state index in [9.17, 15) is 9.18 Å². The first-order valence-electron chi connectivity index (χ1n) is 6.92. The number of aromatic amines is 1. The fourth-order valence-corrected chi connectivity index (χ4v) is 2.26. The number of nitrogens with one attached hydrogen (secondary N) is 2. The summed E-state index contributed by atoms with van der Waals surface area (Å²) in [5, 5.41) is 9.91. The molecule has 0 bridgehead atoms. The van der Waals surface area contributed by atoms with Gasteiger partial charge >= 0.3 is 0 Å². The summed E-state index contributed by atoms with van der Waals surface area (Å²) < 4.78 is 13.7. The number of aryl methyl sites for hydroxylation is 1. The molecule has 0 aliphatic rings. The van der Waals surface area contributed by atoms with Crippen molar-refractivity contribution in [3.63, 3.8) is 0 Å². The zero-order valence-electron chi connectivity index (χ0n) is 12.2. The lowest BCUT2D eigenvalue weighted by Gasteiger charge is -2.05. The summed E-state index contributed by atoms with van der Waals surface area (Å²) >= 11 is 5.84. The van der Waals surface area contributed by atoms with Crippen molar-refractivity contribution in [2.45, 2.75) is 6.92 Å². The lowest BCUT2D eigenvalue weighted by molar-refractivity contribution is 0.102. The maximum absolute atomic E-state index is 13.7. The molecule has 0 saturated heterocycles. The third-order valence-electron chi connectivity index (χ3n) is 3.33. The van der Waals surface area contributed by atoms with Crippen LogP contribution in [0.5, 0.6) is 0 Å². The topological polar surface area (TPSA) is 57.8 Å². The van der Waals surface area contributed by atoms with E-state index in [2.05, 4.69) is 15.5 Å². The van der Waals surface area contributed by atoms with E-state index in [0.717, 1.165) is 11.1 Å². The number of H-pyrrole nitrogens is 1. The standard InChI is InChI=1S/C17H13ClFN3O/c1-10-2-7-13(19)15(8-10)20-17(23)16-9-14(21-22-16)11-3-5-12(18)6-4-11/h2-9H,1H3,(H,20,23)(H,21,22). The Morgan fingerprint density at radius 2 is 1.91 bits per heavy atom. The van der Waals surface area contributed by atoms with Gasteiger partial charge in [-0.1, -0.05) is 29.8 Å². The van der Waals surface area contributed by atoms with E-state index in [4.69, 9.17) is 11.6 Å². The predicted molar refractivity (Wildman–Crippen MR) is 88.1 cm³/mol. The zero-order chi connectivity index (χ0) is 16.4. The Bertz CT molecular complexity index is 859. The molecule has 2 aromatic carbocycles. The van der Waals surface area contributed by atoms with Gasteiger partial charge in [0, 0.05) is 10.6 Å². The highest BCUT2D eigenvalue weighted by Gasteiger charge is 2.13. The van der Waals surface area contributed by atoms with Crippen LogP contribution in [0.1, 0.15) is 16.1 Å². The molecule has 0 fully saturated rings. The van der Waals surface area contributed by atoms with Crippen molar-refractivity contribution in [3.8, 4) is 11.3 Å². The van der Waals surface area contributed by atoms with E-state index < -0.39 is 11.7 Å². The fourth-order valence-electron chi connectivity index (χ4n) is 2.13. The van der Waals surface area contributed by atoms with Crippen LogP contribution in [-0.4, -0.2) is 16.1 Å². The first-order valence-corrected chi connectivity index (χ1v) is 7.29. The van der Waals surface area contributed by atoms with Gasteiger partial charge in [0.1, 0.15) is 11.5 Å². The SMILES string of the molecule is Cc1ccc(F)c(NC(=O)c2cc(-c3ccc(Cl)cc3)n[nH]2)c1. The van der Waals surface area contributed by atoms with Crippen LogP contribution >= 0.6 is 11.6 Å². The van der Waals surface area contributed by atoms with Crippen LogP contribution in [-0.2, 0) is 0 Å². The zero-order valence-corrected chi connectivity index (χ0v) is 13.0. The molecule has 1 aromatic heterocycles. The highest BCUT2D eigenvalue weighted by molar-refractivity contribution is 6.30. The molecule has 2 N–H and O–H groups in total. The molecule has 0 aliphatic carbocycles. The largest absolute Gasteiger partial charge is 0.318 e. The van der Waals surface area contributed by atoms with Crippen molar-refractivity contribution in [1.29, 1.82) is 0 Å². The number of hydrogen-bond donors (Lipinski definition) is 2.